The molecule has 0 saturated heterocycles. The fraction of sp³-hybridized carbons (Fsp3) is 0.462. The summed E-state index contributed by atoms with van der Waals surface area (Å²) in [5.41, 5.74) is 6.51. The lowest BCUT2D eigenvalue weighted by molar-refractivity contribution is -0.121. The van der Waals surface area contributed by atoms with E-state index < -0.39 is 0 Å². The summed E-state index contributed by atoms with van der Waals surface area (Å²) in [4.78, 5) is 11.5. The van der Waals surface area contributed by atoms with Crippen molar-refractivity contribution < 1.29 is 4.79 Å². The van der Waals surface area contributed by atoms with Gasteiger partial charge in [-0.25, -0.2) is 0 Å². The Morgan fingerprint density at radius 1 is 1.31 bits per heavy atom. The van der Waals surface area contributed by atoms with Gasteiger partial charge in [-0.15, -0.1) is 0 Å². The summed E-state index contributed by atoms with van der Waals surface area (Å²) < 4.78 is 0. The minimum Gasteiger partial charge on any atom is -0.350 e. The standard InChI is InChI=1S/C13H20N2O/c1-11(12-7-3-2-4-8-12)15-13(16)9-5-6-10-14/h2-4,7-8,11H,5-6,9-10,14H2,1H3,(H,15,16)/t11-/m1/s1. The molecule has 0 aliphatic rings. The number of nitrogens with two attached hydrogens (primary N) is 1. The third-order valence-electron chi connectivity index (χ3n) is 2.54. The topological polar surface area (TPSA) is 55.1 Å². The van der Waals surface area contributed by atoms with Crippen molar-refractivity contribution in [2.45, 2.75) is 32.2 Å². The highest BCUT2D eigenvalue weighted by Gasteiger charge is 2.08. The van der Waals surface area contributed by atoms with E-state index in [1.807, 2.05) is 37.3 Å². The van der Waals surface area contributed by atoms with Gasteiger partial charge >= 0.3 is 0 Å². The van der Waals surface area contributed by atoms with Gasteiger partial charge in [-0.1, -0.05) is 30.3 Å². The van der Waals surface area contributed by atoms with E-state index in [1.165, 1.54) is 0 Å². The molecular weight excluding hydrogens is 200 g/mol. The van der Waals surface area contributed by atoms with Gasteiger partial charge in [0, 0.05) is 6.42 Å². The molecule has 0 aliphatic heterocycles. The zero-order chi connectivity index (χ0) is 11.8. The molecule has 3 N–H and O–H groups in total. The molecule has 0 saturated carbocycles. The second kappa shape index (κ2) is 7.01. The Morgan fingerprint density at radius 3 is 2.62 bits per heavy atom. The Balaban J connectivity index is 2.34. The van der Waals surface area contributed by atoms with Crippen LogP contribution >= 0.6 is 0 Å². The first-order valence-corrected chi connectivity index (χ1v) is 5.78. The molecule has 88 valence electrons. The Bertz CT molecular complexity index is 311. The fourth-order valence-electron chi connectivity index (χ4n) is 1.57. The smallest absolute Gasteiger partial charge is 0.220 e. The Hall–Kier alpha value is -1.35. The summed E-state index contributed by atoms with van der Waals surface area (Å²) in [6.07, 6.45) is 2.34. The van der Waals surface area contributed by atoms with Crippen molar-refractivity contribution in [2.24, 2.45) is 5.73 Å². The van der Waals surface area contributed by atoms with Crippen LogP contribution in [-0.2, 0) is 4.79 Å². The summed E-state index contributed by atoms with van der Waals surface area (Å²) in [5.74, 6) is 0.102. The van der Waals surface area contributed by atoms with E-state index in [-0.39, 0.29) is 11.9 Å². The minimum atomic E-state index is 0.0755. The van der Waals surface area contributed by atoms with Gasteiger partial charge in [0.05, 0.1) is 6.04 Å². The Labute approximate surface area is 97.0 Å². The Kier molecular flexibility index (Phi) is 5.57. The first-order valence-electron chi connectivity index (χ1n) is 5.78. The molecule has 0 fully saturated rings. The van der Waals surface area contributed by atoms with Crippen LogP contribution in [0.15, 0.2) is 30.3 Å². The highest BCUT2D eigenvalue weighted by atomic mass is 16.1. The quantitative estimate of drug-likeness (QED) is 0.720. The predicted octanol–water partition coefficient (Wildman–Crippen LogP) is 1.99. The first-order chi connectivity index (χ1) is 7.74. The highest BCUT2D eigenvalue weighted by Crippen LogP contribution is 2.11. The molecule has 16 heavy (non-hydrogen) atoms. The summed E-state index contributed by atoms with van der Waals surface area (Å²) in [6, 6.07) is 10.0. The predicted molar refractivity (Wildman–Crippen MR) is 65.9 cm³/mol. The molecule has 1 aromatic rings. The summed E-state index contributed by atoms with van der Waals surface area (Å²) in [6.45, 7) is 2.65. The van der Waals surface area contributed by atoms with Gasteiger partial charge in [-0.05, 0) is 31.9 Å². The zero-order valence-corrected chi connectivity index (χ0v) is 9.78. The number of rotatable bonds is 6. The first kappa shape index (κ1) is 12.7. The maximum atomic E-state index is 11.5. The van der Waals surface area contributed by atoms with Crippen molar-refractivity contribution in [3.63, 3.8) is 0 Å². The lowest BCUT2D eigenvalue weighted by Gasteiger charge is -2.14. The molecule has 1 rings (SSSR count). The lowest BCUT2D eigenvalue weighted by Crippen LogP contribution is -2.26. The van der Waals surface area contributed by atoms with Gasteiger partial charge in [0.2, 0.25) is 5.91 Å². The van der Waals surface area contributed by atoms with E-state index in [1.54, 1.807) is 0 Å². The third kappa shape index (κ3) is 4.45. The molecule has 1 aromatic carbocycles. The van der Waals surface area contributed by atoms with Crippen molar-refractivity contribution >= 4 is 5.91 Å². The van der Waals surface area contributed by atoms with E-state index in [0.717, 1.165) is 18.4 Å². The second-order valence-electron chi connectivity index (χ2n) is 3.95. The van der Waals surface area contributed by atoms with E-state index in [2.05, 4.69) is 5.32 Å². The molecule has 0 bridgehead atoms. The average molecular weight is 220 g/mol. The molecular formula is C13H20N2O. The van der Waals surface area contributed by atoms with Crippen LogP contribution < -0.4 is 11.1 Å². The summed E-state index contributed by atoms with van der Waals surface area (Å²) >= 11 is 0. The van der Waals surface area contributed by atoms with Crippen molar-refractivity contribution in [3.05, 3.63) is 35.9 Å². The molecule has 0 aliphatic carbocycles. The fourth-order valence-corrected chi connectivity index (χ4v) is 1.57. The van der Waals surface area contributed by atoms with Crippen molar-refractivity contribution in [1.29, 1.82) is 0 Å². The van der Waals surface area contributed by atoms with Crippen LogP contribution in [0.25, 0.3) is 0 Å². The molecule has 0 heterocycles. The summed E-state index contributed by atoms with van der Waals surface area (Å²) in [5, 5.41) is 2.98. The number of nitrogens with one attached hydrogen (secondary N) is 1. The molecule has 0 spiro atoms. The number of benzene rings is 1. The van der Waals surface area contributed by atoms with Crippen LogP contribution in [0.2, 0.25) is 0 Å². The maximum Gasteiger partial charge on any atom is 0.220 e. The molecule has 3 nitrogen and oxygen atoms in total. The highest BCUT2D eigenvalue weighted by molar-refractivity contribution is 5.76. The summed E-state index contributed by atoms with van der Waals surface area (Å²) in [7, 11) is 0. The van der Waals surface area contributed by atoms with Crippen molar-refractivity contribution in [3.8, 4) is 0 Å². The molecule has 1 amide bonds. The molecule has 0 radical (unpaired) electrons. The van der Waals surface area contributed by atoms with Crippen LogP contribution in [0.5, 0.6) is 0 Å². The number of carbonyl (C=O) groups is 1. The normalized spacial score (nSPS) is 12.1. The largest absolute Gasteiger partial charge is 0.350 e. The van der Waals surface area contributed by atoms with Crippen molar-refractivity contribution in [1.82, 2.24) is 5.32 Å². The number of carbonyl (C=O) groups excluding carboxylic acids is 1. The Morgan fingerprint density at radius 2 is 2.00 bits per heavy atom. The molecule has 0 aromatic heterocycles. The third-order valence-corrected chi connectivity index (χ3v) is 2.54. The van der Waals surface area contributed by atoms with Gasteiger partial charge < -0.3 is 11.1 Å². The number of unbranched alkanes of at least 4 members (excludes halogenated alkanes) is 1. The number of amides is 1. The average Bonchev–Trinajstić information content (AvgIpc) is 2.30. The van der Waals surface area contributed by atoms with Gasteiger partial charge in [0.25, 0.3) is 0 Å². The van der Waals surface area contributed by atoms with E-state index in [4.69, 9.17) is 5.73 Å². The molecule has 0 unspecified atom stereocenters. The monoisotopic (exact) mass is 220 g/mol. The molecule has 3 heteroatoms. The van der Waals surface area contributed by atoms with Crippen LogP contribution in [0.3, 0.4) is 0 Å². The number of hydrogen-bond acceptors (Lipinski definition) is 2. The van der Waals surface area contributed by atoms with Crippen LogP contribution in [-0.4, -0.2) is 12.5 Å². The van der Waals surface area contributed by atoms with Crippen molar-refractivity contribution in [2.75, 3.05) is 6.54 Å². The maximum absolute atomic E-state index is 11.5. The van der Waals surface area contributed by atoms with Gasteiger partial charge in [-0.3, -0.25) is 4.79 Å². The van der Waals surface area contributed by atoms with Crippen LogP contribution in [0, 0.1) is 0 Å². The SMILES string of the molecule is C[C@@H](NC(=O)CCCCN)c1ccccc1. The number of hydrogen-bond donors (Lipinski definition) is 2. The van der Waals surface area contributed by atoms with Gasteiger partial charge in [-0.2, -0.15) is 0 Å². The lowest BCUT2D eigenvalue weighted by atomic mass is 10.1. The molecule has 1 atom stereocenters. The van der Waals surface area contributed by atoms with Crippen LogP contribution in [0.1, 0.15) is 37.8 Å². The van der Waals surface area contributed by atoms with Gasteiger partial charge in [0.15, 0.2) is 0 Å². The minimum absolute atomic E-state index is 0.0755. The van der Waals surface area contributed by atoms with E-state index in [9.17, 15) is 4.79 Å². The van der Waals surface area contributed by atoms with E-state index in [0.29, 0.717) is 13.0 Å². The van der Waals surface area contributed by atoms with Gasteiger partial charge in [0.1, 0.15) is 0 Å². The van der Waals surface area contributed by atoms with E-state index >= 15 is 0 Å². The second-order valence-corrected chi connectivity index (χ2v) is 3.95. The van der Waals surface area contributed by atoms with Crippen LogP contribution in [0.4, 0.5) is 0 Å². The zero-order valence-electron chi connectivity index (χ0n) is 9.78.